The molecular formula is C10H16N2O. The highest BCUT2D eigenvalue weighted by molar-refractivity contribution is 5.20. The molecule has 0 saturated carbocycles. The van der Waals surface area contributed by atoms with E-state index in [-0.39, 0.29) is 6.04 Å². The first-order valence-corrected chi connectivity index (χ1v) is 4.86. The van der Waals surface area contributed by atoms with Gasteiger partial charge in [-0.05, 0) is 31.5 Å². The van der Waals surface area contributed by atoms with Crippen molar-refractivity contribution in [3.63, 3.8) is 0 Å². The molecule has 1 saturated heterocycles. The Kier molecular flexibility index (Phi) is 2.66. The lowest BCUT2D eigenvalue weighted by molar-refractivity contribution is 0.140. The van der Waals surface area contributed by atoms with Crippen LogP contribution in [0.4, 0.5) is 0 Å². The first kappa shape index (κ1) is 8.78. The number of ether oxygens (including phenoxy) is 1. The largest absolute Gasteiger partial charge is 0.489 e. The summed E-state index contributed by atoms with van der Waals surface area (Å²) in [6.45, 7) is 2.04. The summed E-state index contributed by atoms with van der Waals surface area (Å²) in [5.74, 6) is 0.982. The van der Waals surface area contributed by atoms with E-state index in [4.69, 9.17) is 10.5 Å². The molecule has 0 spiro atoms. The Balaban J connectivity index is 1.85. The van der Waals surface area contributed by atoms with Crippen LogP contribution >= 0.6 is 0 Å². The second kappa shape index (κ2) is 3.94. The zero-order chi connectivity index (χ0) is 9.10. The van der Waals surface area contributed by atoms with Gasteiger partial charge in [-0.25, -0.2) is 0 Å². The molecule has 2 atom stereocenters. The molecule has 0 aromatic rings. The maximum absolute atomic E-state index is 5.76. The lowest BCUT2D eigenvalue weighted by Crippen LogP contribution is -2.20. The Hall–Kier alpha value is -0.800. The van der Waals surface area contributed by atoms with Crippen molar-refractivity contribution < 1.29 is 4.74 Å². The highest BCUT2D eigenvalue weighted by atomic mass is 16.5. The molecule has 0 bridgehead atoms. The SMILES string of the molecule is NC1C=CC(OC2CCNC2)=CC1. The lowest BCUT2D eigenvalue weighted by atomic mass is 10.1. The molecule has 2 aliphatic rings. The summed E-state index contributed by atoms with van der Waals surface area (Å²) in [5, 5.41) is 3.27. The topological polar surface area (TPSA) is 47.3 Å². The maximum Gasteiger partial charge on any atom is 0.115 e. The van der Waals surface area contributed by atoms with Gasteiger partial charge in [-0.1, -0.05) is 6.08 Å². The standard InChI is InChI=1S/C10H16N2O/c11-8-1-3-9(4-2-8)13-10-5-6-12-7-10/h1,3-4,8,10,12H,2,5-7,11H2. The normalized spacial score (nSPS) is 33.2. The van der Waals surface area contributed by atoms with E-state index < -0.39 is 0 Å². The second-order valence-corrected chi connectivity index (χ2v) is 3.60. The van der Waals surface area contributed by atoms with Crippen molar-refractivity contribution in [2.45, 2.75) is 25.0 Å². The van der Waals surface area contributed by atoms with Crippen LogP contribution in [0.15, 0.2) is 24.0 Å². The average Bonchev–Trinajstić information content (AvgIpc) is 2.62. The predicted molar refractivity (Wildman–Crippen MR) is 52.2 cm³/mol. The molecule has 13 heavy (non-hydrogen) atoms. The highest BCUT2D eigenvalue weighted by Gasteiger charge is 2.16. The average molecular weight is 180 g/mol. The van der Waals surface area contributed by atoms with Crippen LogP contribution in [0.3, 0.4) is 0 Å². The van der Waals surface area contributed by atoms with E-state index in [2.05, 4.69) is 11.4 Å². The van der Waals surface area contributed by atoms with Gasteiger partial charge in [0.25, 0.3) is 0 Å². The molecular weight excluding hydrogens is 164 g/mol. The number of hydrogen-bond acceptors (Lipinski definition) is 3. The summed E-state index contributed by atoms with van der Waals surface area (Å²) >= 11 is 0. The van der Waals surface area contributed by atoms with E-state index in [1.54, 1.807) is 0 Å². The summed E-state index contributed by atoms with van der Waals surface area (Å²) in [7, 11) is 0. The molecule has 72 valence electrons. The quantitative estimate of drug-likeness (QED) is 0.652. The molecule has 3 nitrogen and oxygen atoms in total. The van der Waals surface area contributed by atoms with Crippen LogP contribution < -0.4 is 11.1 Å². The minimum absolute atomic E-state index is 0.175. The monoisotopic (exact) mass is 180 g/mol. The van der Waals surface area contributed by atoms with Crippen molar-refractivity contribution >= 4 is 0 Å². The van der Waals surface area contributed by atoms with Crippen molar-refractivity contribution in [2.24, 2.45) is 5.73 Å². The third-order valence-corrected chi connectivity index (χ3v) is 2.42. The minimum atomic E-state index is 0.175. The Morgan fingerprint density at radius 2 is 2.46 bits per heavy atom. The van der Waals surface area contributed by atoms with Gasteiger partial charge in [0.2, 0.25) is 0 Å². The van der Waals surface area contributed by atoms with E-state index in [0.717, 1.165) is 31.7 Å². The number of nitrogens with one attached hydrogen (secondary N) is 1. The van der Waals surface area contributed by atoms with E-state index in [1.807, 2.05) is 12.2 Å². The fraction of sp³-hybridized carbons (Fsp3) is 0.600. The van der Waals surface area contributed by atoms with Gasteiger partial charge in [-0.3, -0.25) is 0 Å². The van der Waals surface area contributed by atoms with Crippen LogP contribution in [0, 0.1) is 0 Å². The van der Waals surface area contributed by atoms with Crippen LogP contribution in [-0.2, 0) is 4.74 Å². The fourth-order valence-corrected chi connectivity index (χ4v) is 1.63. The smallest absolute Gasteiger partial charge is 0.115 e. The van der Waals surface area contributed by atoms with E-state index >= 15 is 0 Å². The summed E-state index contributed by atoms with van der Waals surface area (Å²) < 4.78 is 5.76. The molecule has 1 fully saturated rings. The zero-order valence-electron chi connectivity index (χ0n) is 7.70. The van der Waals surface area contributed by atoms with Gasteiger partial charge >= 0.3 is 0 Å². The maximum atomic E-state index is 5.76. The predicted octanol–water partition coefficient (Wildman–Crippen LogP) is 0.536. The van der Waals surface area contributed by atoms with Gasteiger partial charge in [-0.2, -0.15) is 0 Å². The number of rotatable bonds is 2. The summed E-state index contributed by atoms with van der Waals surface area (Å²) in [6, 6.07) is 0.175. The van der Waals surface area contributed by atoms with E-state index in [0.29, 0.717) is 6.10 Å². The van der Waals surface area contributed by atoms with E-state index in [9.17, 15) is 0 Å². The molecule has 1 aliphatic heterocycles. The lowest BCUT2D eigenvalue weighted by Gasteiger charge is -2.17. The highest BCUT2D eigenvalue weighted by Crippen LogP contribution is 2.15. The summed E-state index contributed by atoms with van der Waals surface area (Å²) in [5.41, 5.74) is 5.71. The van der Waals surface area contributed by atoms with Crippen molar-refractivity contribution in [1.29, 1.82) is 0 Å². The van der Waals surface area contributed by atoms with Gasteiger partial charge in [0.1, 0.15) is 11.9 Å². The first-order chi connectivity index (χ1) is 6.34. The molecule has 1 aliphatic carbocycles. The number of hydrogen-bond donors (Lipinski definition) is 2. The van der Waals surface area contributed by atoms with Crippen LogP contribution in [0.5, 0.6) is 0 Å². The Morgan fingerprint density at radius 3 is 3.08 bits per heavy atom. The van der Waals surface area contributed by atoms with Crippen LogP contribution in [0.1, 0.15) is 12.8 Å². The molecule has 2 unspecified atom stereocenters. The van der Waals surface area contributed by atoms with Crippen LogP contribution in [0.25, 0.3) is 0 Å². The van der Waals surface area contributed by atoms with Gasteiger partial charge < -0.3 is 15.8 Å². The molecule has 3 heteroatoms. The van der Waals surface area contributed by atoms with Gasteiger partial charge in [0.15, 0.2) is 0 Å². The molecule has 2 rings (SSSR count). The first-order valence-electron chi connectivity index (χ1n) is 4.86. The molecule has 0 aromatic carbocycles. The molecule has 0 aromatic heterocycles. The Bertz CT molecular complexity index is 229. The Morgan fingerprint density at radius 1 is 1.54 bits per heavy atom. The van der Waals surface area contributed by atoms with E-state index in [1.165, 1.54) is 0 Å². The van der Waals surface area contributed by atoms with Gasteiger partial charge in [-0.15, -0.1) is 0 Å². The minimum Gasteiger partial charge on any atom is -0.489 e. The molecule has 3 N–H and O–H groups in total. The van der Waals surface area contributed by atoms with Crippen LogP contribution in [0.2, 0.25) is 0 Å². The fourth-order valence-electron chi connectivity index (χ4n) is 1.63. The molecule has 0 radical (unpaired) electrons. The number of nitrogens with two attached hydrogens (primary N) is 1. The van der Waals surface area contributed by atoms with Crippen LogP contribution in [-0.4, -0.2) is 25.2 Å². The third kappa shape index (κ3) is 2.32. The van der Waals surface area contributed by atoms with Crippen molar-refractivity contribution in [3.05, 3.63) is 24.0 Å². The summed E-state index contributed by atoms with van der Waals surface area (Å²) in [4.78, 5) is 0. The van der Waals surface area contributed by atoms with Crippen molar-refractivity contribution in [1.82, 2.24) is 5.32 Å². The molecule has 0 amide bonds. The van der Waals surface area contributed by atoms with Gasteiger partial charge in [0.05, 0.1) is 0 Å². The van der Waals surface area contributed by atoms with Gasteiger partial charge in [0, 0.05) is 12.6 Å². The number of allylic oxidation sites excluding steroid dienone is 1. The Labute approximate surface area is 78.6 Å². The van der Waals surface area contributed by atoms with Crippen molar-refractivity contribution in [3.8, 4) is 0 Å². The second-order valence-electron chi connectivity index (χ2n) is 3.60. The van der Waals surface area contributed by atoms with Crippen molar-refractivity contribution in [2.75, 3.05) is 13.1 Å². The molecule has 1 heterocycles. The third-order valence-electron chi connectivity index (χ3n) is 2.42. The zero-order valence-corrected chi connectivity index (χ0v) is 7.70. The summed E-state index contributed by atoms with van der Waals surface area (Å²) in [6.07, 6.45) is 8.40.